The molecule has 25 heavy (non-hydrogen) atoms. The Labute approximate surface area is 147 Å². The number of anilines is 1. The molecule has 8 heteroatoms. The quantitative estimate of drug-likeness (QED) is 0.549. The molecule has 0 saturated carbocycles. The van der Waals surface area contributed by atoms with Crippen LogP contribution in [0, 0.1) is 17.0 Å². The molecule has 0 bridgehead atoms. The summed E-state index contributed by atoms with van der Waals surface area (Å²) < 4.78 is 5.15. The molecule has 0 fully saturated rings. The fourth-order valence-electron chi connectivity index (χ4n) is 2.37. The fraction of sp³-hybridized carbons (Fsp3) is 0.0588. The molecule has 0 aliphatic heterocycles. The number of hydrogen-bond acceptors (Lipinski definition) is 5. The molecule has 126 valence electrons. The summed E-state index contributed by atoms with van der Waals surface area (Å²) in [6, 6.07) is 12.6. The highest BCUT2D eigenvalue weighted by Gasteiger charge is 2.23. The Balaban J connectivity index is 1.96. The van der Waals surface area contributed by atoms with Gasteiger partial charge in [-0.1, -0.05) is 41.0 Å². The van der Waals surface area contributed by atoms with Gasteiger partial charge in [-0.3, -0.25) is 14.9 Å². The van der Waals surface area contributed by atoms with Crippen LogP contribution in [0.1, 0.15) is 16.1 Å². The molecule has 0 atom stereocenters. The summed E-state index contributed by atoms with van der Waals surface area (Å²) in [4.78, 5) is 23.0. The number of nitro groups is 1. The van der Waals surface area contributed by atoms with E-state index in [-0.39, 0.29) is 11.3 Å². The highest BCUT2D eigenvalue weighted by atomic mass is 35.5. The molecule has 0 unspecified atom stereocenters. The second kappa shape index (κ2) is 6.74. The van der Waals surface area contributed by atoms with Crippen LogP contribution in [0.4, 0.5) is 11.4 Å². The van der Waals surface area contributed by atoms with Crippen LogP contribution >= 0.6 is 11.6 Å². The molecular formula is C17H12ClN3O4. The number of nitrogens with zero attached hydrogens (tertiary/aromatic N) is 2. The molecule has 1 amide bonds. The van der Waals surface area contributed by atoms with Gasteiger partial charge < -0.3 is 9.84 Å². The second-order valence-corrected chi connectivity index (χ2v) is 5.61. The van der Waals surface area contributed by atoms with Crippen LogP contribution in [0.15, 0.2) is 53.1 Å². The van der Waals surface area contributed by atoms with E-state index in [1.807, 2.05) is 0 Å². The first-order valence-electron chi connectivity index (χ1n) is 7.24. The number of aromatic nitrogens is 1. The maximum absolute atomic E-state index is 12.7. The van der Waals surface area contributed by atoms with Crippen molar-refractivity contribution in [2.24, 2.45) is 0 Å². The van der Waals surface area contributed by atoms with Crippen molar-refractivity contribution in [1.82, 2.24) is 5.16 Å². The summed E-state index contributed by atoms with van der Waals surface area (Å²) >= 11 is 6.17. The molecule has 0 spiro atoms. The third-order valence-corrected chi connectivity index (χ3v) is 3.86. The molecule has 0 aliphatic rings. The van der Waals surface area contributed by atoms with Crippen LogP contribution in [0.3, 0.4) is 0 Å². The molecule has 0 radical (unpaired) electrons. The molecule has 0 saturated heterocycles. The zero-order valence-electron chi connectivity index (χ0n) is 13.0. The number of carbonyl (C=O) groups is 1. The third-order valence-electron chi connectivity index (χ3n) is 3.53. The lowest BCUT2D eigenvalue weighted by molar-refractivity contribution is -0.384. The van der Waals surface area contributed by atoms with Crippen LogP contribution in [0.25, 0.3) is 11.3 Å². The summed E-state index contributed by atoms with van der Waals surface area (Å²) in [7, 11) is 0. The van der Waals surface area contributed by atoms with E-state index >= 15 is 0 Å². The van der Waals surface area contributed by atoms with E-state index in [1.54, 1.807) is 37.3 Å². The van der Waals surface area contributed by atoms with Gasteiger partial charge in [-0.05, 0) is 19.1 Å². The minimum Gasteiger partial charge on any atom is -0.360 e. The Kier molecular flexibility index (Phi) is 4.49. The average molecular weight is 358 g/mol. The molecule has 1 N–H and O–H groups in total. The molecule has 1 aromatic heterocycles. The number of rotatable bonds is 4. The van der Waals surface area contributed by atoms with Crippen molar-refractivity contribution in [3.8, 4) is 11.3 Å². The summed E-state index contributed by atoms with van der Waals surface area (Å²) in [6.07, 6.45) is 0. The van der Waals surface area contributed by atoms with Crippen molar-refractivity contribution in [2.75, 3.05) is 5.32 Å². The van der Waals surface area contributed by atoms with Gasteiger partial charge in [0.2, 0.25) is 0 Å². The van der Waals surface area contributed by atoms with Gasteiger partial charge >= 0.3 is 0 Å². The Bertz CT molecular complexity index is 968. The van der Waals surface area contributed by atoms with Crippen LogP contribution < -0.4 is 5.32 Å². The van der Waals surface area contributed by atoms with Crippen molar-refractivity contribution in [2.45, 2.75) is 6.92 Å². The number of benzene rings is 2. The maximum atomic E-state index is 12.7. The third kappa shape index (κ3) is 3.36. The molecule has 3 aromatic rings. The minimum atomic E-state index is -0.532. The van der Waals surface area contributed by atoms with E-state index in [4.69, 9.17) is 16.1 Å². The molecule has 1 heterocycles. The van der Waals surface area contributed by atoms with Crippen LogP contribution in [0.5, 0.6) is 0 Å². The lowest BCUT2D eigenvalue weighted by Gasteiger charge is -2.06. The van der Waals surface area contributed by atoms with Crippen molar-refractivity contribution in [1.29, 1.82) is 0 Å². The van der Waals surface area contributed by atoms with Gasteiger partial charge in [-0.25, -0.2) is 0 Å². The Hall–Kier alpha value is -3.19. The summed E-state index contributed by atoms with van der Waals surface area (Å²) in [5.41, 5.74) is 1.27. The molecule has 3 rings (SSSR count). The number of carbonyl (C=O) groups excluding carboxylic acids is 1. The van der Waals surface area contributed by atoms with Crippen molar-refractivity contribution < 1.29 is 14.2 Å². The van der Waals surface area contributed by atoms with Gasteiger partial charge in [0.05, 0.1) is 9.95 Å². The number of amides is 1. The van der Waals surface area contributed by atoms with E-state index in [0.29, 0.717) is 27.7 Å². The Morgan fingerprint density at radius 3 is 2.72 bits per heavy atom. The van der Waals surface area contributed by atoms with Gasteiger partial charge in [0.25, 0.3) is 11.6 Å². The molecule has 7 nitrogen and oxygen atoms in total. The normalized spacial score (nSPS) is 10.5. The van der Waals surface area contributed by atoms with E-state index in [1.165, 1.54) is 18.2 Å². The van der Waals surface area contributed by atoms with E-state index in [9.17, 15) is 14.9 Å². The largest absolute Gasteiger partial charge is 0.360 e. The zero-order valence-corrected chi connectivity index (χ0v) is 13.8. The van der Waals surface area contributed by atoms with Gasteiger partial charge in [-0.15, -0.1) is 0 Å². The second-order valence-electron chi connectivity index (χ2n) is 5.20. The van der Waals surface area contributed by atoms with Gasteiger partial charge in [0.15, 0.2) is 0 Å². The first kappa shape index (κ1) is 16.7. The lowest BCUT2D eigenvalue weighted by Crippen LogP contribution is -2.13. The van der Waals surface area contributed by atoms with Crippen molar-refractivity contribution >= 4 is 28.9 Å². The predicted molar refractivity (Wildman–Crippen MR) is 92.7 cm³/mol. The summed E-state index contributed by atoms with van der Waals surface area (Å²) in [5, 5.41) is 17.8. The number of aryl methyl sites for hydroxylation is 1. The number of hydrogen-bond donors (Lipinski definition) is 1. The first-order valence-corrected chi connectivity index (χ1v) is 7.62. The van der Waals surface area contributed by atoms with Gasteiger partial charge in [0, 0.05) is 23.4 Å². The summed E-state index contributed by atoms with van der Waals surface area (Å²) in [5.74, 6) is -0.174. The Morgan fingerprint density at radius 1 is 1.24 bits per heavy atom. The monoisotopic (exact) mass is 357 g/mol. The van der Waals surface area contributed by atoms with E-state index < -0.39 is 10.8 Å². The smallest absolute Gasteiger partial charge is 0.271 e. The predicted octanol–water partition coefficient (Wildman–Crippen LogP) is 4.46. The minimum absolute atomic E-state index is 0.119. The highest BCUT2D eigenvalue weighted by molar-refractivity contribution is 6.33. The Morgan fingerprint density at radius 2 is 2.00 bits per heavy atom. The number of nitro benzene ring substituents is 1. The van der Waals surface area contributed by atoms with Crippen LogP contribution in [-0.2, 0) is 0 Å². The van der Waals surface area contributed by atoms with E-state index in [2.05, 4.69) is 10.5 Å². The van der Waals surface area contributed by atoms with Gasteiger partial charge in [0.1, 0.15) is 17.0 Å². The molecular weight excluding hydrogens is 346 g/mol. The standard InChI is InChI=1S/C17H12ClN3O4/c1-10-15(16(20-25-10)13-7-2-3-8-14(13)18)17(22)19-11-5-4-6-12(9-11)21(23)24/h2-9H,1H3,(H,19,22). The van der Waals surface area contributed by atoms with Crippen LogP contribution in [0.2, 0.25) is 5.02 Å². The fourth-order valence-corrected chi connectivity index (χ4v) is 2.59. The lowest BCUT2D eigenvalue weighted by atomic mass is 10.1. The molecule has 2 aromatic carbocycles. The van der Waals surface area contributed by atoms with Crippen molar-refractivity contribution in [3.63, 3.8) is 0 Å². The van der Waals surface area contributed by atoms with Gasteiger partial charge in [-0.2, -0.15) is 0 Å². The molecule has 0 aliphatic carbocycles. The van der Waals surface area contributed by atoms with E-state index in [0.717, 1.165) is 0 Å². The van der Waals surface area contributed by atoms with Crippen molar-refractivity contribution in [3.05, 3.63) is 75.0 Å². The highest BCUT2D eigenvalue weighted by Crippen LogP contribution is 2.31. The number of non-ortho nitro benzene ring substituents is 1. The zero-order chi connectivity index (χ0) is 18.0. The number of nitrogens with one attached hydrogen (secondary N) is 1. The first-order chi connectivity index (χ1) is 12.0. The topological polar surface area (TPSA) is 98.3 Å². The average Bonchev–Trinajstić information content (AvgIpc) is 2.97. The SMILES string of the molecule is Cc1onc(-c2ccccc2Cl)c1C(=O)Nc1cccc([N+](=O)[O-])c1. The van der Waals surface area contributed by atoms with Crippen LogP contribution in [-0.4, -0.2) is 16.0 Å². The summed E-state index contributed by atoms with van der Waals surface area (Å²) in [6.45, 7) is 1.61. The maximum Gasteiger partial charge on any atom is 0.271 e. The number of halogens is 1.